The average Bonchev–Trinajstić information content (AvgIpc) is 1.54. The van der Waals surface area contributed by atoms with Crippen LogP contribution in [0.2, 0.25) is 0 Å². The molecule has 588 valence electrons. The number of furan rings is 4. The fraction of sp³-hybridized carbons (Fsp3) is 0.0172. The van der Waals surface area contributed by atoms with Crippen molar-refractivity contribution in [2.45, 2.75) is 10.8 Å². The molecule has 0 saturated carbocycles. The SMILES string of the molecule is c1ccc(-c2nc(-c3ccc(-c4ccc(C5(c6ccc7c(c6)oc6ccccc67)c6ccccc6-c6ccccc65)cc4)cc3)nc(-c3cccc4c3oc3ccccc34)n2)cc1.c1ccc(-c2nc(-c3cccc(-c4ccc(C5(c6ccc7c(c6)oc6ccccc67)c6ccccc6-c6ccccc65)cc4)c3)nc(-c3ccc4oc5ccccc5c4c3)n2)cc1. The van der Waals surface area contributed by atoms with Gasteiger partial charge in [-0.25, -0.2) is 29.9 Å². The second kappa shape index (κ2) is 29.0. The number of para-hydroxylation sites is 5. The summed E-state index contributed by atoms with van der Waals surface area (Å²) < 4.78 is 25.6. The van der Waals surface area contributed by atoms with Gasteiger partial charge in [0.05, 0.1) is 16.4 Å². The van der Waals surface area contributed by atoms with Crippen LogP contribution in [0.15, 0.2) is 442 Å². The highest BCUT2D eigenvalue weighted by Crippen LogP contribution is 2.59. The van der Waals surface area contributed by atoms with Crippen molar-refractivity contribution in [2.24, 2.45) is 0 Å². The summed E-state index contributed by atoms with van der Waals surface area (Å²) in [5.74, 6) is 3.58. The first kappa shape index (κ1) is 72.0. The van der Waals surface area contributed by atoms with Crippen LogP contribution >= 0.6 is 0 Å². The van der Waals surface area contributed by atoms with Gasteiger partial charge in [-0.1, -0.05) is 358 Å². The first-order valence-corrected chi connectivity index (χ1v) is 42.5. The summed E-state index contributed by atoms with van der Waals surface area (Å²) in [4.78, 5) is 30.4. The molecule has 0 bridgehead atoms. The molecule has 24 aromatic rings. The number of aromatic nitrogens is 6. The molecule has 0 atom stereocenters. The second-order valence-electron chi connectivity index (χ2n) is 32.5. The normalized spacial score (nSPS) is 12.9. The van der Waals surface area contributed by atoms with Crippen LogP contribution in [0.3, 0.4) is 0 Å². The van der Waals surface area contributed by atoms with E-state index < -0.39 is 10.8 Å². The van der Waals surface area contributed by atoms with Crippen molar-refractivity contribution in [3.05, 3.63) is 469 Å². The van der Waals surface area contributed by atoms with E-state index in [1.54, 1.807) is 0 Å². The fourth-order valence-electron chi connectivity index (χ4n) is 19.9. The van der Waals surface area contributed by atoms with Crippen LogP contribution < -0.4 is 0 Å². The van der Waals surface area contributed by atoms with E-state index in [9.17, 15) is 0 Å². The summed E-state index contributed by atoms with van der Waals surface area (Å²) in [6.07, 6.45) is 0. The molecule has 2 aliphatic rings. The van der Waals surface area contributed by atoms with Gasteiger partial charge in [-0.05, 0) is 156 Å². The number of hydrogen-bond acceptors (Lipinski definition) is 10. The summed E-state index contributed by atoms with van der Waals surface area (Å²) in [6.45, 7) is 0. The molecule has 0 radical (unpaired) electrons. The highest BCUT2D eigenvalue weighted by molar-refractivity contribution is 6.11. The number of fused-ring (bicyclic) bond motifs is 18. The Morgan fingerprint density at radius 2 is 0.437 bits per heavy atom. The second-order valence-corrected chi connectivity index (χ2v) is 32.5. The van der Waals surface area contributed by atoms with Crippen molar-refractivity contribution in [3.8, 4) is 113 Å². The quantitative estimate of drug-likeness (QED) is 0.117. The number of hydrogen-bond donors (Lipinski definition) is 0. The van der Waals surface area contributed by atoms with E-state index in [0.717, 1.165) is 143 Å². The van der Waals surface area contributed by atoms with Crippen LogP contribution in [-0.2, 0) is 10.8 Å². The maximum absolute atomic E-state index is 6.51. The standard InChI is InChI=1S/2C58H35N3O2/c1-2-13-37(14-3-1)55-59-56(61-57(60-55)40-27-32-53-48(34-40)46-20-7-11-24-52(46)62-53)39-16-12-15-38(33-39)36-25-28-41(29-26-36)58(49-21-8-4-17-43(49)44-18-5-9-22-50(44)58)42-30-31-47-45-19-6-10-23-51(45)63-54(47)35-42;1-2-13-38(14-3-1)55-59-56(61-57(60-55)48-20-12-19-47-45-18-7-11-24-52(45)63-54(47)48)39-27-25-36(26-28-39)37-29-31-40(32-30-37)58(49-21-8-4-15-42(49)43-16-5-9-22-50(43)58)41-33-34-46-44-17-6-10-23-51(44)62-53(46)35-41/h2*1-35H. The van der Waals surface area contributed by atoms with Gasteiger partial charge in [-0.15, -0.1) is 0 Å². The summed E-state index contributed by atoms with van der Waals surface area (Å²) in [7, 11) is 0. The molecule has 6 heterocycles. The van der Waals surface area contributed by atoms with Gasteiger partial charge in [0.15, 0.2) is 34.9 Å². The molecule has 0 fully saturated rings. The summed E-state index contributed by atoms with van der Waals surface area (Å²) in [5, 5.41) is 8.67. The molecule has 0 saturated heterocycles. The van der Waals surface area contributed by atoms with Gasteiger partial charge < -0.3 is 17.7 Å². The van der Waals surface area contributed by atoms with Crippen molar-refractivity contribution in [1.29, 1.82) is 0 Å². The van der Waals surface area contributed by atoms with E-state index >= 15 is 0 Å². The predicted molar refractivity (Wildman–Crippen MR) is 507 cm³/mol. The minimum atomic E-state index is -0.568. The van der Waals surface area contributed by atoms with Crippen LogP contribution in [0.25, 0.3) is 201 Å². The minimum Gasteiger partial charge on any atom is -0.456 e. The van der Waals surface area contributed by atoms with Crippen LogP contribution in [-0.4, -0.2) is 29.9 Å². The molecule has 126 heavy (non-hydrogen) atoms. The van der Waals surface area contributed by atoms with Crippen LogP contribution in [0, 0.1) is 0 Å². The fourth-order valence-corrected chi connectivity index (χ4v) is 19.9. The van der Waals surface area contributed by atoms with E-state index in [0.29, 0.717) is 34.9 Å². The summed E-state index contributed by atoms with van der Waals surface area (Å²) in [6, 6.07) is 149. The van der Waals surface area contributed by atoms with Gasteiger partial charge in [0.2, 0.25) is 0 Å². The maximum atomic E-state index is 6.51. The Morgan fingerprint density at radius 1 is 0.151 bits per heavy atom. The van der Waals surface area contributed by atoms with Crippen LogP contribution in [0.4, 0.5) is 0 Å². The van der Waals surface area contributed by atoms with E-state index in [1.165, 1.54) is 66.8 Å². The Morgan fingerprint density at radius 3 is 0.913 bits per heavy atom. The molecule has 0 spiro atoms. The number of nitrogens with zero attached hydrogens (tertiary/aromatic N) is 6. The molecule has 18 aromatic carbocycles. The van der Waals surface area contributed by atoms with Crippen molar-refractivity contribution in [1.82, 2.24) is 29.9 Å². The highest BCUT2D eigenvalue weighted by Gasteiger charge is 2.48. The molecule has 0 aliphatic heterocycles. The van der Waals surface area contributed by atoms with Crippen molar-refractivity contribution in [2.75, 3.05) is 0 Å². The van der Waals surface area contributed by atoms with Crippen molar-refractivity contribution < 1.29 is 17.7 Å². The van der Waals surface area contributed by atoms with E-state index in [4.69, 9.17) is 47.6 Å². The zero-order chi connectivity index (χ0) is 83.0. The molecule has 0 unspecified atom stereocenters. The smallest absolute Gasteiger partial charge is 0.167 e. The van der Waals surface area contributed by atoms with E-state index in [-0.39, 0.29) is 0 Å². The Kier molecular flexibility index (Phi) is 16.6. The molecular weight excluding hydrogens is 1540 g/mol. The molecule has 6 aromatic heterocycles. The van der Waals surface area contributed by atoms with Crippen LogP contribution in [0.5, 0.6) is 0 Å². The van der Waals surface area contributed by atoms with E-state index in [1.807, 2.05) is 146 Å². The third-order valence-electron chi connectivity index (χ3n) is 25.7. The lowest BCUT2D eigenvalue weighted by molar-refractivity contribution is 0.665. The van der Waals surface area contributed by atoms with Crippen molar-refractivity contribution >= 4 is 87.8 Å². The predicted octanol–water partition coefficient (Wildman–Crippen LogP) is 29.4. The highest BCUT2D eigenvalue weighted by atomic mass is 16.3. The Bertz CT molecular complexity index is 8390. The summed E-state index contributed by atoms with van der Waals surface area (Å²) >= 11 is 0. The van der Waals surface area contributed by atoms with Crippen LogP contribution in [0.1, 0.15) is 44.5 Å². The molecule has 0 N–H and O–H groups in total. The van der Waals surface area contributed by atoms with Gasteiger partial charge in [0.1, 0.15) is 44.7 Å². The number of benzene rings is 18. The molecule has 2 aliphatic carbocycles. The lowest BCUT2D eigenvalue weighted by Gasteiger charge is -2.34. The third kappa shape index (κ3) is 11.5. The molecular formula is C116H70N6O4. The van der Waals surface area contributed by atoms with Gasteiger partial charge in [0.25, 0.3) is 0 Å². The topological polar surface area (TPSA) is 130 Å². The Labute approximate surface area is 723 Å². The Hall–Kier alpha value is -16.8. The molecule has 26 rings (SSSR count). The first-order chi connectivity index (χ1) is 62.4. The molecule has 10 heteroatoms. The Balaban J connectivity index is 0.000000137. The number of rotatable bonds is 12. The van der Waals surface area contributed by atoms with E-state index in [2.05, 4.69) is 279 Å². The first-order valence-electron chi connectivity index (χ1n) is 42.5. The van der Waals surface area contributed by atoms with Gasteiger partial charge in [-0.3, -0.25) is 0 Å². The molecule has 10 nitrogen and oxygen atoms in total. The van der Waals surface area contributed by atoms with Gasteiger partial charge in [0, 0.05) is 70.9 Å². The van der Waals surface area contributed by atoms with Crippen molar-refractivity contribution in [3.63, 3.8) is 0 Å². The third-order valence-corrected chi connectivity index (χ3v) is 25.7. The van der Waals surface area contributed by atoms with Gasteiger partial charge >= 0.3 is 0 Å². The lowest BCUT2D eigenvalue weighted by atomic mass is 9.67. The zero-order valence-electron chi connectivity index (χ0n) is 67.7. The monoisotopic (exact) mass is 1610 g/mol. The zero-order valence-corrected chi connectivity index (χ0v) is 67.7. The minimum absolute atomic E-state index is 0.553. The largest absolute Gasteiger partial charge is 0.456 e. The molecule has 0 amide bonds. The van der Waals surface area contributed by atoms with Gasteiger partial charge in [-0.2, -0.15) is 0 Å². The average molecular weight is 1610 g/mol. The maximum Gasteiger partial charge on any atom is 0.167 e. The lowest BCUT2D eigenvalue weighted by Crippen LogP contribution is -2.28. The summed E-state index contributed by atoms with van der Waals surface area (Å²) in [5.41, 5.74) is 30.2.